The molecule has 27 heavy (non-hydrogen) atoms. The molecule has 3 aromatic rings. The molecule has 0 atom stereocenters. The number of hydrogen-bond acceptors (Lipinski definition) is 3. The molecule has 0 unspecified atom stereocenters. The van der Waals surface area contributed by atoms with Gasteiger partial charge in [-0.2, -0.15) is 5.10 Å². The number of amides is 1. The second kappa shape index (κ2) is 8.23. The SMILES string of the molecule is Cc1nn(Cc2ccccc2Cl)c(C)c1CN(C)C(=O)c1cncc(Br)c1. The van der Waals surface area contributed by atoms with Gasteiger partial charge in [0.15, 0.2) is 0 Å². The van der Waals surface area contributed by atoms with Crippen molar-refractivity contribution in [1.29, 1.82) is 0 Å². The highest BCUT2D eigenvalue weighted by atomic mass is 79.9. The number of nitrogens with zero attached hydrogens (tertiary/aromatic N) is 4. The van der Waals surface area contributed by atoms with Gasteiger partial charge in [-0.05, 0) is 47.5 Å². The average molecular weight is 448 g/mol. The molecule has 7 heteroatoms. The maximum Gasteiger partial charge on any atom is 0.255 e. The summed E-state index contributed by atoms with van der Waals surface area (Å²) in [7, 11) is 1.79. The van der Waals surface area contributed by atoms with E-state index in [-0.39, 0.29) is 5.91 Å². The normalized spacial score (nSPS) is 10.9. The van der Waals surface area contributed by atoms with Gasteiger partial charge in [-0.15, -0.1) is 0 Å². The van der Waals surface area contributed by atoms with Crippen LogP contribution in [0.3, 0.4) is 0 Å². The lowest BCUT2D eigenvalue weighted by molar-refractivity contribution is 0.0784. The number of carbonyl (C=O) groups excluding carboxylic acids is 1. The van der Waals surface area contributed by atoms with E-state index in [4.69, 9.17) is 11.6 Å². The monoisotopic (exact) mass is 446 g/mol. The lowest BCUT2D eigenvalue weighted by Crippen LogP contribution is -2.26. The van der Waals surface area contributed by atoms with Crippen molar-refractivity contribution < 1.29 is 4.79 Å². The highest BCUT2D eigenvalue weighted by Gasteiger charge is 2.18. The summed E-state index contributed by atoms with van der Waals surface area (Å²) in [5.41, 5.74) is 4.54. The van der Waals surface area contributed by atoms with Crippen molar-refractivity contribution in [3.05, 3.63) is 80.3 Å². The Balaban J connectivity index is 1.80. The first kappa shape index (κ1) is 19.6. The molecule has 1 aromatic carbocycles. The number of benzene rings is 1. The summed E-state index contributed by atoms with van der Waals surface area (Å²) in [5.74, 6) is -0.0820. The third kappa shape index (κ3) is 4.39. The Morgan fingerprint density at radius 2 is 2.00 bits per heavy atom. The molecule has 0 fully saturated rings. The Morgan fingerprint density at radius 3 is 2.70 bits per heavy atom. The largest absolute Gasteiger partial charge is 0.337 e. The van der Waals surface area contributed by atoms with Crippen molar-refractivity contribution in [3.8, 4) is 0 Å². The zero-order valence-electron chi connectivity index (χ0n) is 15.4. The summed E-state index contributed by atoms with van der Waals surface area (Å²) in [6, 6.07) is 9.52. The van der Waals surface area contributed by atoms with Gasteiger partial charge < -0.3 is 4.90 Å². The third-order valence-corrected chi connectivity index (χ3v) is 5.31. The standard InChI is InChI=1S/C20H20BrClN4O/c1-13-18(12-25(3)20(27)16-8-17(21)10-23-9-16)14(2)26(24-13)11-15-6-4-5-7-19(15)22/h4-10H,11-12H2,1-3H3. The van der Waals surface area contributed by atoms with E-state index in [1.54, 1.807) is 30.4 Å². The van der Waals surface area contributed by atoms with Crippen LogP contribution in [0.25, 0.3) is 0 Å². The minimum absolute atomic E-state index is 0.0820. The van der Waals surface area contributed by atoms with Crippen LogP contribution in [0.15, 0.2) is 47.2 Å². The van der Waals surface area contributed by atoms with Crippen LogP contribution in [0.5, 0.6) is 0 Å². The van der Waals surface area contributed by atoms with Crippen molar-refractivity contribution in [2.24, 2.45) is 0 Å². The summed E-state index contributed by atoms with van der Waals surface area (Å²) in [6.07, 6.45) is 3.23. The third-order valence-electron chi connectivity index (χ3n) is 4.50. The molecule has 0 aliphatic rings. The summed E-state index contributed by atoms with van der Waals surface area (Å²) in [5, 5.41) is 5.37. The van der Waals surface area contributed by atoms with Gasteiger partial charge in [0, 0.05) is 46.7 Å². The van der Waals surface area contributed by atoms with Crippen LogP contribution in [0.4, 0.5) is 0 Å². The fraction of sp³-hybridized carbons (Fsp3) is 0.250. The Hall–Kier alpha value is -2.18. The van der Waals surface area contributed by atoms with Crippen molar-refractivity contribution in [2.75, 3.05) is 7.05 Å². The van der Waals surface area contributed by atoms with Crippen molar-refractivity contribution in [1.82, 2.24) is 19.7 Å². The first-order valence-corrected chi connectivity index (χ1v) is 9.66. The zero-order chi connectivity index (χ0) is 19.6. The molecule has 0 saturated carbocycles. The molecule has 0 N–H and O–H groups in total. The second-order valence-electron chi connectivity index (χ2n) is 6.45. The van der Waals surface area contributed by atoms with Gasteiger partial charge in [0.1, 0.15) is 0 Å². The van der Waals surface area contributed by atoms with E-state index in [1.165, 1.54) is 0 Å². The molecule has 140 valence electrons. The molecule has 2 aromatic heterocycles. The van der Waals surface area contributed by atoms with Crippen molar-refractivity contribution >= 4 is 33.4 Å². The van der Waals surface area contributed by atoms with E-state index in [2.05, 4.69) is 26.0 Å². The summed E-state index contributed by atoms with van der Waals surface area (Å²) in [6.45, 7) is 5.06. The van der Waals surface area contributed by atoms with Crippen LogP contribution in [-0.4, -0.2) is 32.6 Å². The predicted molar refractivity (Wildman–Crippen MR) is 110 cm³/mol. The van der Waals surface area contributed by atoms with Crippen LogP contribution >= 0.6 is 27.5 Å². The maximum absolute atomic E-state index is 12.7. The molecule has 3 rings (SSSR count). The highest BCUT2D eigenvalue weighted by Crippen LogP contribution is 2.21. The second-order valence-corrected chi connectivity index (χ2v) is 7.77. The van der Waals surface area contributed by atoms with Gasteiger partial charge >= 0.3 is 0 Å². The smallest absolute Gasteiger partial charge is 0.255 e. The number of aryl methyl sites for hydroxylation is 1. The molecule has 0 bridgehead atoms. The molecular weight excluding hydrogens is 428 g/mol. The van der Waals surface area contributed by atoms with E-state index in [0.717, 1.165) is 32.0 Å². The Morgan fingerprint density at radius 1 is 1.26 bits per heavy atom. The Labute approximate surface area is 172 Å². The fourth-order valence-electron chi connectivity index (χ4n) is 2.96. The number of hydrogen-bond donors (Lipinski definition) is 0. The maximum atomic E-state index is 12.7. The van der Waals surface area contributed by atoms with E-state index < -0.39 is 0 Å². The van der Waals surface area contributed by atoms with Crippen molar-refractivity contribution in [3.63, 3.8) is 0 Å². The average Bonchev–Trinajstić information content (AvgIpc) is 2.90. The quantitative estimate of drug-likeness (QED) is 0.573. The molecule has 0 radical (unpaired) electrons. The molecule has 0 aliphatic carbocycles. The number of rotatable bonds is 5. The minimum atomic E-state index is -0.0820. The molecule has 5 nitrogen and oxygen atoms in total. The summed E-state index contributed by atoms with van der Waals surface area (Å²) < 4.78 is 2.71. The van der Waals surface area contributed by atoms with Gasteiger partial charge in [-0.1, -0.05) is 29.8 Å². The van der Waals surface area contributed by atoms with E-state index >= 15 is 0 Å². The van der Waals surface area contributed by atoms with Crippen LogP contribution in [0.1, 0.15) is 32.9 Å². The first-order chi connectivity index (χ1) is 12.9. The van der Waals surface area contributed by atoms with Crippen LogP contribution in [0, 0.1) is 13.8 Å². The lowest BCUT2D eigenvalue weighted by atomic mass is 10.1. The first-order valence-electron chi connectivity index (χ1n) is 8.49. The fourth-order valence-corrected chi connectivity index (χ4v) is 3.52. The van der Waals surface area contributed by atoms with Crippen molar-refractivity contribution in [2.45, 2.75) is 26.9 Å². The number of halogens is 2. The number of pyridine rings is 1. The Bertz CT molecular complexity index is 986. The molecule has 0 aliphatic heterocycles. The van der Waals surface area contributed by atoms with E-state index in [0.29, 0.717) is 18.7 Å². The van der Waals surface area contributed by atoms with Gasteiger partial charge in [0.05, 0.1) is 17.8 Å². The van der Waals surface area contributed by atoms with Crippen LogP contribution in [0.2, 0.25) is 5.02 Å². The highest BCUT2D eigenvalue weighted by molar-refractivity contribution is 9.10. The van der Waals surface area contributed by atoms with Crippen LogP contribution in [-0.2, 0) is 13.1 Å². The molecule has 2 heterocycles. The minimum Gasteiger partial charge on any atom is -0.337 e. The lowest BCUT2D eigenvalue weighted by Gasteiger charge is -2.17. The predicted octanol–water partition coefficient (Wildman–Crippen LogP) is 4.63. The number of aromatic nitrogens is 3. The zero-order valence-corrected chi connectivity index (χ0v) is 17.8. The van der Waals surface area contributed by atoms with Gasteiger partial charge in [-0.3, -0.25) is 14.5 Å². The van der Waals surface area contributed by atoms with Crippen LogP contribution < -0.4 is 0 Å². The van der Waals surface area contributed by atoms with E-state index in [9.17, 15) is 4.79 Å². The molecule has 1 amide bonds. The van der Waals surface area contributed by atoms with Gasteiger partial charge in [0.2, 0.25) is 0 Å². The van der Waals surface area contributed by atoms with E-state index in [1.807, 2.05) is 42.8 Å². The van der Waals surface area contributed by atoms with Gasteiger partial charge in [0.25, 0.3) is 5.91 Å². The van der Waals surface area contributed by atoms with Gasteiger partial charge in [-0.25, -0.2) is 0 Å². The molecule has 0 spiro atoms. The number of carbonyl (C=O) groups is 1. The summed E-state index contributed by atoms with van der Waals surface area (Å²) >= 11 is 9.63. The summed E-state index contributed by atoms with van der Waals surface area (Å²) in [4.78, 5) is 18.4. The molecule has 0 saturated heterocycles. The topological polar surface area (TPSA) is 51.0 Å². The Kier molecular flexibility index (Phi) is 5.97. The molecular formula is C20H20BrClN4O.